The van der Waals surface area contributed by atoms with Gasteiger partial charge in [-0.05, 0) is 0 Å². The summed E-state index contributed by atoms with van der Waals surface area (Å²) in [5, 5.41) is 0. The second-order valence-electron chi connectivity index (χ2n) is 0. The van der Waals surface area contributed by atoms with Crippen molar-refractivity contribution in [2.24, 2.45) is 0 Å². The molecular weight excluding hydrogens is 262 g/mol. The molecule has 0 aliphatic heterocycles. The molecule has 11 heteroatoms. The maximum absolute atomic E-state index is 0. The molecule has 0 rings (SSSR count). The first-order valence-corrected chi connectivity index (χ1v) is 0. The molecule has 11 heavy (non-hydrogen) atoms. The fourth-order valence-corrected chi connectivity index (χ4v) is 0. The normalized spacial score (nSPS) is 0. The molecule has 0 amide bonds. The van der Waals surface area contributed by atoms with Crippen LogP contribution in [-0.2, 0) is 37.1 Å². The Hall–Kier alpha value is 2.42. The maximum Gasteiger partial charge on any atom is 2.00 e. The minimum Gasteiger partial charge on any atom is -0.412 e. The number of hydrogen-bond acceptors (Lipinski definition) is 0. The summed E-state index contributed by atoms with van der Waals surface area (Å²) >= 11 is 0. The van der Waals surface area contributed by atoms with E-state index in [0.29, 0.717) is 0 Å². The van der Waals surface area contributed by atoms with Gasteiger partial charge < -0.3 is 38.3 Å². The van der Waals surface area contributed by atoms with Gasteiger partial charge in [-0.3, -0.25) is 0 Å². The second-order valence-corrected chi connectivity index (χ2v) is 0. The fourth-order valence-electron chi connectivity index (χ4n) is 0. The summed E-state index contributed by atoms with van der Waals surface area (Å²) < 4.78 is 0. The topological polar surface area (TPSA) is 220 Å². The average molecular weight is 277 g/mol. The summed E-state index contributed by atoms with van der Waals surface area (Å²) in [5.41, 5.74) is 0. The van der Waals surface area contributed by atoms with E-state index in [4.69, 9.17) is 0 Å². The Morgan fingerprint density at radius 3 is 0.273 bits per heavy atom. The smallest absolute Gasteiger partial charge is 0.412 e. The van der Waals surface area contributed by atoms with E-state index in [1.807, 2.05) is 0 Å². The summed E-state index contributed by atoms with van der Waals surface area (Å²) in [5.74, 6) is 0. The van der Waals surface area contributed by atoms with E-state index in [-0.39, 0.29) is 122 Å². The van der Waals surface area contributed by atoms with Gasteiger partial charge in [0.25, 0.3) is 0 Å². The standard InChI is InChI=1S/2Mg.7H2O.2V/h;;7*1H2;;/q2*+2;;;;;;;;;. The van der Waals surface area contributed by atoms with Crippen LogP contribution in [0.4, 0.5) is 0 Å². The van der Waals surface area contributed by atoms with Gasteiger partial charge in [0.05, 0.1) is 0 Å². The molecule has 2 radical (unpaired) electrons. The van der Waals surface area contributed by atoms with Crippen LogP contribution >= 0.6 is 0 Å². The van der Waals surface area contributed by atoms with Crippen molar-refractivity contribution in [3.8, 4) is 0 Å². The van der Waals surface area contributed by atoms with Crippen molar-refractivity contribution >= 4 is 46.1 Å². The van der Waals surface area contributed by atoms with Crippen LogP contribution < -0.4 is 0 Å². The third-order valence-electron chi connectivity index (χ3n) is 0. The molecule has 0 aromatic carbocycles. The second kappa shape index (κ2) is 276. The molecule has 0 aromatic rings. The van der Waals surface area contributed by atoms with Crippen molar-refractivity contribution in [1.82, 2.24) is 0 Å². The molecule has 0 fully saturated rings. The Labute approximate surface area is 120 Å². The van der Waals surface area contributed by atoms with Crippen LogP contribution in [0.15, 0.2) is 0 Å². The van der Waals surface area contributed by atoms with E-state index in [9.17, 15) is 0 Å². The summed E-state index contributed by atoms with van der Waals surface area (Å²) in [6.45, 7) is 0. The minimum absolute atomic E-state index is 0. The van der Waals surface area contributed by atoms with Gasteiger partial charge >= 0.3 is 46.1 Å². The third-order valence-corrected chi connectivity index (χ3v) is 0. The van der Waals surface area contributed by atoms with Gasteiger partial charge in [0.1, 0.15) is 0 Å². The first kappa shape index (κ1) is 353. The van der Waals surface area contributed by atoms with E-state index in [1.165, 1.54) is 0 Å². The molecule has 0 saturated carbocycles. The van der Waals surface area contributed by atoms with Crippen LogP contribution in [0.25, 0.3) is 0 Å². The van der Waals surface area contributed by atoms with Gasteiger partial charge in [-0.15, -0.1) is 0 Å². The summed E-state index contributed by atoms with van der Waals surface area (Å²) in [6.07, 6.45) is 0. The van der Waals surface area contributed by atoms with Crippen molar-refractivity contribution in [3.63, 3.8) is 0 Å². The molecule has 66 valence electrons. The molecule has 0 bridgehead atoms. The zero-order valence-electron chi connectivity index (χ0n) is 5.81. The van der Waals surface area contributed by atoms with Gasteiger partial charge in [0.2, 0.25) is 0 Å². The van der Waals surface area contributed by atoms with Crippen molar-refractivity contribution in [3.05, 3.63) is 0 Å². The summed E-state index contributed by atoms with van der Waals surface area (Å²) in [6, 6.07) is 0. The van der Waals surface area contributed by atoms with Crippen LogP contribution in [0.5, 0.6) is 0 Å². The van der Waals surface area contributed by atoms with E-state index >= 15 is 0 Å². The van der Waals surface area contributed by atoms with E-state index in [2.05, 4.69) is 0 Å². The third kappa shape index (κ3) is 230. The average Bonchev–Trinajstić information content (AvgIpc) is 0. The van der Waals surface area contributed by atoms with Gasteiger partial charge in [0, 0.05) is 37.1 Å². The van der Waals surface area contributed by atoms with Crippen LogP contribution in [-0.4, -0.2) is 84.4 Å². The van der Waals surface area contributed by atoms with Crippen LogP contribution in [0.1, 0.15) is 0 Å². The molecule has 0 aromatic heterocycles. The first-order valence-electron chi connectivity index (χ1n) is 0. The number of rotatable bonds is 0. The quantitative estimate of drug-likeness (QED) is 0.376. The zero-order chi connectivity index (χ0) is 0. The van der Waals surface area contributed by atoms with Gasteiger partial charge in [-0.25, -0.2) is 0 Å². The molecule has 0 aliphatic carbocycles. The monoisotopic (exact) mass is 276 g/mol. The van der Waals surface area contributed by atoms with E-state index in [0.717, 1.165) is 0 Å². The van der Waals surface area contributed by atoms with E-state index in [1.54, 1.807) is 0 Å². The van der Waals surface area contributed by atoms with Gasteiger partial charge in [0.15, 0.2) is 0 Å². The minimum atomic E-state index is 0. The molecule has 0 spiro atoms. The predicted molar refractivity (Wildman–Crippen MR) is 36.8 cm³/mol. The largest absolute Gasteiger partial charge is 2.00 e. The molecule has 0 heterocycles. The predicted octanol–water partition coefficient (Wildman–Crippen LogP) is -6.54. The molecule has 0 aliphatic rings. The van der Waals surface area contributed by atoms with Gasteiger partial charge in [-0.2, -0.15) is 0 Å². The first-order chi connectivity index (χ1) is 0. The molecule has 0 unspecified atom stereocenters. The SMILES string of the molecule is O.O.O.O.O.O.O.[Mg+2].[Mg+2].[V].[V]. The molecule has 14 N–H and O–H groups in total. The van der Waals surface area contributed by atoms with Crippen molar-refractivity contribution in [2.45, 2.75) is 0 Å². The van der Waals surface area contributed by atoms with Crippen molar-refractivity contribution in [2.75, 3.05) is 0 Å². The zero-order valence-corrected chi connectivity index (χ0v) is 11.4. The molecule has 0 saturated heterocycles. The van der Waals surface area contributed by atoms with E-state index < -0.39 is 0 Å². The number of hydrogen-bond donors (Lipinski definition) is 0. The van der Waals surface area contributed by atoms with Crippen molar-refractivity contribution in [1.29, 1.82) is 0 Å². The van der Waals surface area contributed by atoms with Crippen LogP contribution in [0, 0.1) is 0 Å². The molecular formula is H14Mg2O7V2+4. The molecule has 7 nitrogen and oxygen atoms in total. The Morgan fingerprint density at radius 1 is 0.273 bits per heavy atom. The maximum atomic E-state index is 0. The Kier molecular flexibility index (Phi) is 8870. The van der Waals surface area contributed by atoms with Crippen LogP contribution in [0.3, 0.4) is 0 Å². The Balaban J connectivity index is 0. The summed E-state index contributed by atoms with van der Waals surface area (Å²) in [7, 11) is 0. The Morgan fingerprint density at radius 2 is 0.273 bits per heavy atom. The molecule has 0 atom stereocenters. The van der Waals surface area contributed by atoms with Crippen molar-refractivity contribution < 1.29 is 75.4 Å². The fraction of sp³-hybridized carbons (Fsp3) is 0. The summed E-state index contributed by atoms with van der Waals surface area (Å²) in [4.78, 5) is 0. The van der Waals surface area contributed by atoms with Gasteiger partial charge in [-0.1, -0.05) is 0 Å². The Bertz CT molecular complexity index is 14.4. The van der Waals surface area contributed by atoms with Crippen LogP contribution in [0.2, 0.25) is 0 Å².